The van der Waals surface area contributed by atoms with E-state index < -0.39 is 7.69 Å². The molecule has 0 fully saturated rings. The first-order valence-corrected chi connectivity index (χ1v) is 4.43. The Bertz CT molecular complexity index is 422. The van der Waals surface area contributed by atoms with E-state index in [0.717, 1.165) is 10.9 Å². The highest BCUT2D eigenvalue weighted by Crippen LogP contribution is 2.15. The van der Waals surface area contributed by atoms with Crippen molar-refractivity contribution < 1.29 is 14.8 Å². The molecule has 0 unspecified atom stereocenters. The van der Waals surface area contributed by atoms with E-state index in [-0.39, 0.29) is 0 Å². The highest BCUT2D eigenvalue weighted by molar-refractivity contribution is 6.13. The molecular formula is C10H12BNO3. The maximum absolute atomic E-state index is 7.12. The Kier molecular flexibility index (Phi) is 4.60. The van der Waals surface area contributed by atoms with Crippen LogP contribution in [-0.2, 0) is 0 Å². The van der Waals surface area contributed by atoms with E-state index in [1.54, 1.807) is 7.11 Å². The van der Waals surface area contributed by atoms with Crippen LogP contribution < -0.4 is 4.74 Å². The van der Waals surface area contributed by atoms with Crippen molar-refractivity contribution in [2.24, 2.45) is 0 Å². The van der Waals surface area contributed by atoms with Crippen molar-refractivity contribution in [2.45, 2.75) is 0 Å². The number of hydrogen-bond donors (Lipinski definition) is 2. The van der Waals surface area contributed by atoms with Gasteiger partial charge < -0.3 is 14.8 Å². The molecule has 2 N–H and O–H groups in total. The minimum atomic E-state index is -0.750. The van der Waals surface area contributed by atoms with Gasteiger partial charge in [0.2, 0.25) is 5.88 Å². The van der Waals surface area contributed by atoms with Crippen LogP contribution in [0.5, 0.6) is 5.88 Å². The van der Waals surface area contributed by atoms with Crippen LogP contribution >= 0.6 is 0 Å². The van der Waals surface area contributed by atoms with Crippen molar-refractivity contribution in [1.82, 2.24) is 4.98 Å². The van der Waals surface area contributed by atoms with Gasteiger partial charge in [-0.05, 0) is 12.1 Å². The molecule has 0 aliphatic rings. The van der Waals surface area contributed by atoms with Crippen molar-refractivity contribution in [3.8, 4) is 5.88 Å². The fourth-order valence-electron chi connectivity index (χ4n) is 1.16. The molecule has 78 valence electrons. The summed E-state index contributed by atoms with van der Waals surface area (Å²) < 4.78 is 5.01. The van der Waals surface area contributed by atoms with Gasteiger partial charge in [0.1, 0.15) is 0 Å². The van der Waals surface area contributed by atoms with Crippen molar-refractivity contribution >= 4 is 18.6 Å². The lowest BCUT2D eigenvalue weighted by molar-refractivity contribution is 0.399. The number of nitrogens with zero attached hydrogens (tertiary/aromatic N) is 1. The third-order valence-electron chi connectivity index (χ3n) is 1.78. The molecule has 0 saturated heterocycles. The monoisotopic (exact) mass is 205 g/mol. The van der Waals surface area contributed by atoms with Crippen molar-refractivity contribution in [1.29, 1.82) is 0 Å². The first-order valence-electron chi connectivity index (χ1n) is 4.43. The largest absolute Gasteiger partial charge is 0.481 e. The average molecular weight is 205 g/mol. The minimum Gasteiger partial charge on any atom is -0.481 e. The summed E-state index contributed by atoms with van der Waals surface area (Å²) in [5.74, 6) is 0.661. The van der Waals surface area contributed by atoms with Gasteiger partial charge in [0, 0.05) is 11.5 Å². The normalized spacial score (nSPS) is 9.00. The molecule has 0 saturated carbocycles. The van der Waals surface area contributed by atoms with E-state index in [2.05, 4.69) is 4.98 Å². The van der Waals surface area contributed by atoms with Crippen LogP contribution in [0.25, 0.3) is 10.9 Å². The van der Waals surface area contributed by atoms with E-state index in [1.807, 2.05) is 36.4 Å². The van der Waals surface area contributed by atoms with E-state index >= 15 is 0 Å². The van der Waals surface area contributed by atoms with E-state index in [4.69, 9.17) is 14.8 Å². The lowest BCUT2D eigenvalue weighted by Crippen LogP contribution is -1.86. The summed E-state index contributed by atoms with van der Waals surface area (Å²) in [5, 5.41) is 15.4. The molecule has 0 spiro atoms. The third kappa shape index (κ3) is 3.23. The summed E-state index contributed by atoms with van der Waals surface area (Å²) in [7, 11) is 0.872. The average Bonchev–Trinajstić information content (AvgIpc) is 2.29. The molecule has 1 aromatic heterocycles. The molecule has 0 aliphatic carbocycles. The number of fused-ring (bicyclic) bond motifs is 1. The van der Waals surface area contributed by atoms with E-state index in [1.165, 1.54) is 0 Å². The molecule has 0 aliphatic heterocycles. The SMILES string of the molecule is COc1ccc2ccccc2n1.OBO. The number of methoxy groups -OCH3 is 1. The second-order valence-electron chi connectivity index (χ2n) is 2.69. The Morgan fingerprint density at radius 1 is 1.13 bits per heavy atom. The summed E-state index contributed by atoms with van der Waals surface area (Å²) in [6.07, 6.45) is 0. The first kappa shape index (κ1) is 11.5. The quantitative estimate of drug-likeness (QED) is 0.664. The third-order valence-corrected chi connectivity index (χ3v) is 1.78. The second-order valence-corrected chi connectivity index (χ2v) is 2.69. The smallest absolute Gasteiger partial charge is 0.432 e. The molecule has 1 aromatic carbocycles. The number of rotatable bonds is 1. The molecule has 15 heavy (non-hydrogen) atoms. The molecule has 2 aromatic rings. The summed E-state index contributed by atoms with van der Waals surface area (Å²) in [4.78, 5) is 4.27. The molecule has 0 amide bonds. The second kappa shape index (κ2) is 6.00. The van der Waals surface area contributed by atoms with Crippen molar-refractivity contribution in [3.63, 3.8) is 0 Å². The van der Waals surface area contributed by atoms with Gasteiger partial charge in [0.05, 0.1) is 12.6 Å². The van der Waals surface area contributed by atoms with Crippen LogP contribution in [-0.4, -0.2) is 29.8 Å². The Morgan fingerprint density at radius 3 is 2.47 bits per heavy atom. The molecule has 0 bridgehead atoms. The van der Waals surface area contributed by atoms with Gasteiger partial charge in [-0.25, -0.2) is 4.98 Å². The minimum absolute atomic E-state index is 0.661. The lowest BCUT2D eigenvalue weighted by Gasteiger charge is -1.99. The van der Waals surface area contributed by atoms with Gasteiger partial charge in [-0.1, -0.05) is 18.2 Å². The van der Waals surface area contributed by atoms with Crippen LogP contribution in [0.4, 0.5) is 0 Å². The molecular weight excluding hydrogens is 193 g/mol. The molecule has 1 heterocycles. The van der Waals surface area contributed by atoms with Gasteiger partial charge >= 0.3 is 7.69 Å². The zero-order valence-corrected chi connectivity index (χ0v) is 8.42. The van der Waals surface area contributed by atoms with Gasteiger partial charge in [-0.2, -0.15) is 0 Å². The summed E-state index contributed by atoms with van der Waals surface area (Å²) in [5.41, 5.74) is 0.969. The summed E-state index contributed by atoms with van der Waals surface area (Å²) >= 11 is 0. The maximum Gasteiger partial charge on any atom is 0.432 e. The van der Waals surface area contributed by atoms with Gasteiger partial charge in [0.15, 0.2) is 0 Å². The Morgan fingerprint density at radius 2 is 1.80 bits per heavy atom. The van der Waals surface area contributed by atoms with Crippen molar-refractivity contribution in [3.05, 3.63) is 36.4 Å². The van der Waals surface area contributed by atoms with Crippen LogP contribution in [0.2, 0.25) is 0 Å². The molecule has 5 heteroatoms. The number of para-hydroxylation sites is 1. The van der Waals surface area contributed by atoms with Crippen LogP contribution in [0.15, 0.2) is 36.4 Å². The number of pyridine rings is 1. The topological polar surface area (TPSA) is 62.6 Å². The van der Waals surface area contributed by atoms with Gasteiger partial charge in [-0.3, -0.25) is 0 Å². The zero-order chi connectivity index (χ0) is 11.1. The van der Waals surface area contributed by atoms with Crippen LogP contribution in [0, 0.1) is 0 Å². The van der Waals surface area contributed by atoms with Gasteiger partial charge in [0.25, 0.3) is 0 Å². The fourth-order valence-corrected chi connectivity index (χ4v) is 1.16. The predicted octanol–water partition coefficient (Wildman–Crippen LogP) is 0.481. The van der Waals surface area contributed by atoms with E-state index in [9.17, 15) is 0 Å². The Labute approximate surface area is 88.5 Å². The highest BCUT2D eigenvalue weighted by Gasteiger charge is 1.94. The van der Waals surface area contributed by atoms with E-state index in [0.29, 0.717) is 5.88 Å². The molecule has 0 radical (unpaired) electrons. The molecule has 0 atom stereocenters. The highest BCUT2D eigenvalue weighted by atomic mass is 16.5. The number of benzene rings is 1. The first-order chi connectivity index (χ1) is 7.31. The number of ether oxygens (including phenoxy) is 1. The summed E-state index contributed by atoms with van der Waals surface area (Å²) in [6, 6.07) is 11.8. The number of hydrogen-bond acceptors (Lipinski definition) is 4. The summed E-state index contributed by atoms with van der Waals surface area (Å²) in [6.45, 7) is 0. The van der Waals surface area contributed by atoms with Crippen LogP contribution in [0.3, 0.4) is 0 Å². The van der Waals surface area contributed by atoms with Gasteiger partial charge in [-0.15, -0.1) is 0 Å². The number of aromatic nitrogens is 1. The Balaban J connectivity index is 0.000000337. The fraction of sp³-hybridized carbons (Fsp3) is 0.100. The van der Waals surface area contributed by atoms with Crippen molar-refractivity contribution in [2.75, 3.05) is 7.11 Å². The lowest BCUT2D eigenvalue weighted by atomic mass is 10.2. The maximum atomic E-state index is 7.12. The van der Waals surface area contributed by atoms with Crippen LogP contribution in [0.1, 0.15) is 0 Å². The Hall–Kier alpha value is -1.59. The molecule has 2 rings (SSSR count). The molecule has 4 nitrogen and oxygen atoms in total. The zero-order valence-electron chi connectivity index (χ0n) is 8.42. The standard InChI is InChI=1S/C10H9NO.BH3O2/c1-12-10-7-6-8-4-2-3-5-9(8)11-10;2-1-3/h2-7H,1H3;1-3H. The predicted molar refractivity (Wildman–Crippen MR) is 59.9 cm³/mol.